The van der Waals surface area contributed by atoms with Gasteiger partial charge in [-0.1, -0.05) is 6.92 Å². The van der Waals surface area contributed by atoms with E-state index in [1.807, 2.05) is 6.92 Å². The molecule has 1 aliphatic heterocycles. The topological polar surface area (TPSA) is 104 Å². The summed E-state index contributed by atoms with van der Waals surface area (Å²) in [6.07, 6.45) is 1.37. The molecule has 1 aromatic carbocycles. The highest BCUT2D eigenvalue weighted by Crippen LogP contribution is 2.34. The molecule has 1 unspecified atom stereocenters. The van der Waals surface area contributed by atoms with Gasteiger partial charge in [-0.2, -0.15) is 0 Å². The molecule has 1 atom stereocenters. The van der Waals surface area contributed by atoms with Gasteiger partial charge in [0.05, 0.1) is 16.4 Å². The third-order valence-corrected chi connectivity index (χ3v) is 3.83. The number of nitro groups is 1. The van der Waals surface area contributed by atoms with Crippen LogP contribution in [0, 0.1) is 15.5 Å². The predicted molar refractivity (Wildman–Crippen MR) is 73.6 cm³/mol. The maximum atomic E-state index is 12.4. The maximum Gasteiger partial charge on any atom is 0.296 e. The molecule has 1 saturated heterocycles. The zero-order chi connectivity index (χ0) is 14.8. The molecule has 0 bridgehead atoms. The zero-order valence-electron chi connectivity index (χ0n) is 11.2. The summed E-state index contributed by atoms with van der Waals surface area (Å²) in [4.78, 5) is 22.7. The number of hydrogen-bond donors (Lipinski definition) is 3. The number of phenols is 1. The SMILES string of the molecule is CCC1(C(=O)Nc2ccc(O)cc2[N+](=O)[O-])CCNC1. The van der Waals surface area contributed by atoms with E-state index in [2.05, 4.69) is 10.6 Å². The van der Waals surface area contributed by atoms with Crippen LogP contribution in [0.4, 0.5) is 11.4 Å². The number of rotatable bonds is 4. The molecule has 0 aromatic heterocycles. The summed E-state index contributed by atoms with van der Waals surface area (Å²) in [5.74, 6) is -0.429. The highest BCUT2D eigenvalue weighted by Gasteiger charge is 2.40. The second kappa shape index (κ2) is 5.46. The van der Waals surface area contributed by atoms with E-state index in [4.69, 9.17) is 0 Å². The molecule has 1 amide bonds. The summed E-state index contributed by atoms with van der Waals surface area (Å²) in [5.41, 5.74) is -0.723. The predicted octanol–water partition coefficient (Wildman–Crippen LogP) is 1.63. The molecule has 2 rings (SSSR count). The monoisotopic (exact) mass is 279 g/mol. The Morgan fingerprint density at radius 1 is 1.60 bits per heavy atom. The molecule has 7 nitrogen and oxygen atoms in total. The van der Waals surface area contributed by atoms with Gasteiger partial charge in [-0.25, -0.2) is 0 Å². The van der Waals surface area contributed by atoms with E-state index in [9.17, 15) is 20.0 Å². The second-order valence-corrected chi connectivity index (χ2v) is 4.97. The van der Waals surface area contributed by atoms with Crippen LogP contribution in [0.25, 0.3) is 0 Å². The third kappa shape index (κ3) is 2.57. The number of amides is 1. The third-order valence-electron chi connectivity index (χ3n) is 3.83. The number of nitrogens with zero attached hydrogens (tertiary/aromatic N) is 1. The zero-order valence-corrected chi connectivity index (χ0v) is 11.2. The molecule has 0 spiro atoms. The lowest BCUT2D eigenvalue weighted by atomic mass is 9.83. The highest BCUT2D eigenvalue weighted by atomic mass is 16.6. The Labute approximate surface area is 116 Å². The number of hydrogen-bond acceptors (Lipinski definition) is 5. The molecule has 1 heterocycles. The van der Waals surface area contributed by atoms with E-state index in [1.165, 1.54) is 12.1 Å². The van der Waals surface area contributed by atoms with E-state index in [1.54, 1.807) is 0 Å². The number of aromatic hydroxyl groups is 1. The minimum Gasteiger partial charge on any atom is -0.508 e. The van der Waals surface area contributed by atoms with E-state index < -0.39 is 10.3 Å². The van der Waals surface area contributed by atoms with Gasteiger partial charge >= 0.3 is 0 Å². The van der Waals surface area contributed by atoms with Crippen LogP contribution >= 0.6 is 0 Å². The van der Waals surface area contributed by atoms with Gasteiger partial charge in [-0.05, 0) is 31.5 Å². The number of phenolic OH excluding ortho intramolecular Hbond substituents is 1. The number of anilines is 1. The van der Waals surface area contributed by atoms with E-state index >= 15 is 0 Å². The van der Waals surface area contributed by atoms with Crippen molar-refractivity contribution in [1.82, 2.24) is 5.32 Å². The number of nitro benzene ring substituents is 1. The molecule has 0 aliphatic carbocycles. The van der Waals surface area contributed by atoms with E-state index in [-0.39, 0.29) is 23.0 Å². The molecular weight excluding hydrogens is 262 g/mol. The first-order chi connectivity index (χ1) is 9.48. The van der Waals surface area contributed by atoms with Gasteiger partial charge in [-0.3, -0.25) is 14.9 Å². The fourth-order valence-corrected chi connectivity index (χ4v) is 2.43. The summed E-state index contributed by atoms with van der Waals surface area (Å²) in [7, 11) is 0. The minimum absolute atomic E-state index is 0.109. The molecular formula is C13H17N3O4. The van der Waals surface area contributed by atoms with Crippen molar-refractivity contribution in [2.24, 2.45) is 5.41 Å². The van der Waals surface area contributed by atoms with Crippen molar-refractivity contribution >= 4 is 17.3 Å². The van der Waals surface area contributed by atoms with Gasteiger partial charge < -0.3 is 15.7 Å². The van der Waals surface area contributed by atoms with Gasteiger partial charge in [0.1, 0.15) is 11.4 Å². The lowest BCUT2D eigenvalue weighted by molar-refractivity contribution is -0.384. The van der Waals surface area contributed by atoms with Gasteiger partial charge in [0.25, 0.3) is 5.69 Å². The van der Waals surface area contributed by atoms with Crippen LogP contribution in [-0.4, -0.2) is 29.0 Å². The fraction of sp³-hybridized carbons (Fsp3) is 0.462. The van der Waals surface area contributed by atoms with Crippen LogP contribution in [-0.2, 0) is 4.79 Å². The lowest BCUT2D eigenvalue weighted by Crippen LogP contribution is -2.37. The fourth-order valence-electron chi connectivity index (χ4n) is 2.43. The average Bonchev–Trinajstić information content (AvgIpc) is 2.90. The normalized spacial score (nSPS) is 21.6. The highest BCUT2D eigenvalue weighted by molar-refractivity contribution is 5.97. The van der Waals surface area contributed by atoms with Crippen molar-refractivity contribution in [3.8, 4) is 5.75 Å². The Balaban J connectivity index is 2.25. The Kier molecular flexibility index (Phi) is 3.89. The van der Waals surface area contributed by atoms with Crippen LogP contribution in [0.2, 0.25) is 0 Å². The molecule has 1 fully saturated rings. The second-order valence-electron chi connectivity index (χ2n) is 4.97. The van der Waals surface area contributed by atoms with Gasteiger partial charge in [0, 0.05) is 6.54 Å². The van der Waals surface area contributed by atoms with Crippen molar-refractivity contribution in [3.63, 3.8) is 0 Å². The van der Waals surface area contributed by atoms with Crippen LogP contribution in [0.15, 0.2) is 18.2 Å². The quantitative estimate of drug-likeness (QED) is 0.441. The molecule has 7 heteroatoms. The molecule has 1 aliphatic rings. The summed E-state index contributed by atoms with van der Waals surface area (Å²) in [5, 5.41) is 26.0. The number of nitrogens with one attached hydrogen (secondary N) is 2. The van der Waals surface area contributed by atoms with Crippen LogP contribution in [0.3, 0.4) is 0 Å². The Bertz CT molecular complexity index is 538. The van der Waals surface area contributed by atoms with Crippen molar-refractivity contribution in [3.05, 3.63) is 28.3 Å². The smallest absolute Gasteiger partial charge is 0.296 e. The molecule has 3 N–H and O–H groups in total. The molecule has 108 valence electrons. The van der Waals surface area contributed by atoms with E-state index in [0.29, 0.717) is 19.4 Å². The summed E-state index contributed by atoms with van der Waals surface area (Å²) in [6.45, 7) is 3.26. The molecule has 1 aromatic rings. The minimum atomic E-state index is -0.624. The standard InChI is InChI=1S/C13H17N3O4/c1-2-13(5-6-14-8-13)12(18)15-10-4-3-9(17)7-11(10)16(19)20/h3-4,7,14,17H,2,5-6,8H2,1H3,(H,15,18). The Morgan fingerprint density at radius 3 is 2.90 bits per heavy atom. The van der Waals surface area contributed by atoms with Crippen molar-refractivity contribution < 1.29 is 14.8 Å². The van der Waals surface area contributed by atoms with Gasteiger partial charge in [0.2, 0.25) is 5.91 Å². The number of benzene rings is 1. The first-order valence-electron chi connectivity index (χ1n) is 6.48. The largest absolute Gasteiger partial charge is 0.508 e. The van der Waals surface area contributed by atoms with Gasteiger partial charge in [-0.15, -0.1) is 0 Å². The first kappa shape index (κ1) is 14.3. The van der Waals surface area contributed by atoms with Crippen molar-refractivity contribution in [2.75, 3.05) is 18.4 Å². The summed E-state index contributed by atoms with van der Waals surface area (Å²) in [6, 6.07) is 3.69. The number of carbonyl (C=O) groups is 1. The summed E-state index contributed by atoms with van der Waals surface area (Å²) >= 11 is 0. The van der Waals surface area contributed by atoms with E-state index in [0.717, 1.165) is 12.6 Å². The van der Waals surface area contributed by atoms with Crippen molar-refractivity contribution in [1.29, 1.82) is 0 Å². The summed E-state index contributed by atoms with van der Waals surface area (Å²) < 4.78 is 0. The molecule has 0 saturated carbocycles. The Morgan fingerprint density at radius 2 is 2.35 bits per heavy atom. The first-order valence-corrected chi connectivity index (χ1v) is 6.48. The van der Waals surface area contributed by atoms with Crippen LogP contribution < -0.4 is 10.6 Å². The van der Waals surface area contributed by atoms with Crippen LogP contribution in [0.1, 0.15) is 19.8 Å². The van der Waals surface area contributed by atoms with Crippen LogP contribution in [0.5, 0.6) is 5.75 Å². The Hall–Kier alpha value is -2.15. The number of carbonyl (C=O) groups excluding carboxylic acids is 1. The lowest BCUT2D eigenvalue weighted by Gasteiger charge is -2.25. The maximum absolute atomic E-state index is 12.4. The van der Waals surface area contributed by atoms with Gasteiger partial charge in [0.15, 0.2) is 0 Å². The molecule has 20 heavy (non-hydrogen) atoms. The van der Waals surface area contributed by atoms with Crippen molar-refractivity contribution in [2.45, 2.75) is 19.8 Å². The molecule has 0 radical (unpaired) electrons. The average molecular weight is 279 g/mol.